The smallest absolute Gasteiger partial charge is 0.364 e. The van der Waals surface area contributed by atoms with Crippen LogP contribution >= 0.6 is 0 Å². The Morgan fingerprint density at radius 3 is 1.95 bits per heavy atom. The average Bonchev–Trinajstić information content (AvgIpc) is 3.83. The van der Waals surface area contributed by atoms with Crippen LogP contribution in [0.5, 0.6) is 0 Å². The van der Waals surface area contributed by atoms with Gasteiger partial charge in [0.1, 0.15) is 0 Å². The van der Waals surface area contributed by atoms with Crippen molar-refractivity contribution in [3.8, 4) is 16.9 Å². The van der Waals surface area contributed by atoms with Gasteiger partial charge in [0.25, 0.3) is 5.92 Å². The van der Waals surface area contributed by atoms with E-state index in [1.807, 2.05) is 98.0 Å². The van der Waals surface area contributed by atoms with Gasteiger partial charge < -0.3 is 19.4 Å². The summed E-state index contributed by atoms with van der Waals surface area (Å²) in [5.74, 6) is -3.52. The average molecular weight is 1040 g/mol. The molecule has 0 saturated carbocycles. The van der Waals surface area contributed by atoms with E-state index in [0.717, 1.165) is 73.0 Å². The van der Waals surface area contributed by atoms with E-state index in [1.165, 1.54) is 0 Å². The van der Waals surface area contributed by atoms with Crippen LogP contribution in [0.25, 0.3) is 38.8 Å². The van der Waals surface area contributed by atoms with Crippen LogP contribution in [0.2, 0.25) is 0 Å². The Morgan fingerprint density at radius 2 is 1.31 bits per heavy atom. The van der Waals surface area contributed by atoms with Gasteiger partial charge in [-0.1, -0.05) is 118 Å². The summed E-state index contributed by atoms with van der Waals surface area (Å²) in [5.41, 5.74) is 7.47. The maximum Gasteiger partial charge on any atom is 2.00 e. The molecule has 64 heavy (non-hydrogen) atoms. The Kier molecular flexibility index (Phi) is 11.8. The van der Waals surface area contributed by atoms with Crippen molar-refractivity contribution in [2.75, 3.05) is 11.4 Å². The van der Waals surface area contributed by atoms with Crippen LogP contribution in [0.15, 0.2) is 145 Å². The Hall–Kier alpha value is -5.92. The monoisotopic (exact) mass is 1040 g/mol. The molecule has 4 nitrogen and oxygen atoms in total. The van der Waals surface area contributed by atoms with E-state index >= 15 is 8.78 Å². The molecule has 2 aromatic heterocycles. The third-order valence-corrected chi connectivity index (χ3v) is 11.9. The number of nitrogens with zero attached hydrogens (tertiary/aromatic N) is 4. The zero-order chi connectivity index (χ0) is 44.4. The number of amidine groups is 1. The minimum atomic E-state index is -4.88. The van der Waals surface area contributed by atoms with Gasteiger partial charge in [0.2, 0.25) is 0 Å². The molecule has 1 atom stereocenters. The van der Waals surface area contributed by atoms with Gasteiger partial charge in [-0.2, -0.15) is 13.2 Å². The summed E-state index contributed by atoms with van der Waals surface area (Å²) in [4.78, 5) is 11.7. The van der Waals surface area contributed by atoms with Gasteiger partial charge in [0.15, 0.2) is 0 Å². The van der Waals surface area contributed by atoms with Crippen molar-refractivity contribution in [3.63, 3.8) is 0 Å². The molecular weight excluding hydrogens is 995 g/mol. The molecule has 9 rings (SSSR count). The second-order valence-corrected chi connectivity index (χ2v) is 17.7. The fourth-order valence-corrected chi connectivity index (χ4v) is 8.74. The maximum absolute atomic E-state index is 15.1. The molecule has 0 radical (unpaired) electrons. The van der Waals surface area contributed by atoms with E-state index in [1.54, 1.807) is 4.90 Å². The summed E-state index contributed by atoms with van der Waals surface area (Å²) < 4.78 is 75.9. The molecule has 0 spiro atoms. The van der Waals surface area contributed by atoms with E-state index in [-0.39, 0.29) is 44.6 Å². The van der Waals surface area contributed by atoms with Crippen molar-refractivity contribution in [1.82, 2.24) is 9.55 Å². The molecule has 1 aliphatic heterocycles. The predicted molar refractivity (Wildman–Crippen MR) is 243 cm³/mol. The largest absolute Gasteiger partial charge is 2.00 e. The first kappa shape index (κ1) is 44.7. The van der Waals surface area contributed by atoms with Crippen LogP contribution in [-0.4, -0.2) is 28.0 Å². The first-order chi connectivity index (χ1) is 29.9. The van der Waals surface area contributed by atoms with E-state index in [4.69, 9.17) is 9.98 Å². The number of anilines is 1. The Bertz CT molecular complexity index is 2960. The topological polar surface area (TPSA) is 33.4 Å². The van der Waals surface area contributed by atoms with Crippen LogP contribution in [0.3, 0.4) is 0 Å². The van der Waals surface area contributed by atoms with Crippen molar-refractivity contribution in [2.24, 2.45) is 4.99 Å². The normalized spacial score (nSPS) is 14.7. The van der Waals surface area contributed by atoms with Crippen LogP contribution in [-0.2, 0) is 38.6 Å². The minimum Gasteiger partial charge on any atom is -0.364 e. The van der Waals surface area contributed by atoms with Crippen LogP contribution in [0.4, 0.5) is 27.6 Å². The Morgan fingerprint density at radius 1 is 0.641 bits per heavy atom. The van der Waals surface area contributed by atoms with Crippen LogP contribution in [0, 0.1) is 26.0 Å². The fourth-order valence-electron chi connectivity index (χ4n) is 8.74. The summed E-state index contributed by atoms with van der Waals surface area (Å²) in [6.07, 6.45) is -3.05. The van der Waals surface area contributed by atoms with Crippen molar-refractivity contribution in [3.05, 3.63) is 196 Å². The fraction of sp³-hybridized carbons (Fsp3) is 0.222. The molecule has 8 aromatic rings. The van der Waals surface area contributed by atoms with E-state index in [2.05, 4.69) is 74.7 Å². The molecule has 0 fully saturated rings. The molecule has 0 bridgehead atoms. The molecule has 0 aliphatic carbocycles. The summed E-state index contributed by atoms with van der Waals surface area (Å²) >= 11 is 0. The minimum absolute atomic E-state index is 0. The van der Waals surface area contributed by atoms with Gasteiger partial charge in [-0.3, -0.25) is 0 Å². The molecule has 0 saturated heterocycles. The molecule has 0 N–H and O–H groups in total. The molecule has 1 aliphatic rings. The number of aryl methyl sites for hydroxylation is 2. The quantitative estimate of drug-likeness (QED) is 0.112. The molecule has 10 heteroatoms. The molecule has 0 amide bonds. The van der Waals surface area contributed by atoms with Crippen molar-refractivity contribution < 1.29 is 43.0 Å². The number of hydrogen-bond acceptors (Lipinski definition) is 3. The summed E-state index contributed by atoms with van der Waals surface area (Å²) in [6, 6.07) is 47.5. The van der Waals surface area contributed by atoms with Crippen molar-refractivity contribution >= 4 is 33.3 Å². The molecule has 6 aromatic carbocycles. The summed E-state index contributed by atoms with van der Waals surface area (Å²) in [5, 5.41) is 2.00. The van der Waals surface area contributed by atoms with Gasteiger partial charge in [-0.15, -0.1) is 53.1 Å². The zero-order valence-corrected chi connectivity index (χ0v) is 38.4. The number of alkyl halides is 5. The van der Waals surface area contributed by atoms with Crippen molar-refractivity contribution in [2.45, 2.75) is 71.0 Å². The van der Waals surface area contributed by atoms with Gasteiger partial charge in [-0.05, 0) is 81.6 Å². The predicted octanol–water partition coefficient (Wildman–Crippen LogP) is 14.0. The Balaban J connectivity index is 0.00000560. The number of fused-ring (bicyclic) bond motifs is 3. The number of aliphatic imine (C=N–C) groups is 1. The Labute approximate surface area is 384 Å². The zero-order valence-electron chi connectivity index (χ0n) is 36.1. The number of pyridine rings is 1. The number of halogens is 5. The molecule has 326 valence electrons. The second kappa shape index (κ2) is 16.9. The number of aromatic nitrogens is 2. The third-order valence-electron chi connectivity index (χ3n) is 11.9. The third kappa shape index (κ3) is 8.67. The first-order valence-electron chi connectivity index (χ1n) is 21.0. The van der Waals surface area contributed by atoms with Crippen molar-refractivity contribution in [1.29, 1.82) is 0 Å². The summed E-state index contributed by atoms with van der Waals surface area (Å²) in [6.45, 7) is 11.2. The molecule has 0 unspecified atom stereocenters. The molecular formula is C54H45F5N4Pt. The number of rotatable bonds is 8. The summed E-state index contributed by atoms with van der Waals surface area (Å²) in [7, 11) is 0. The first-order valence-corrected chi connectivity index (χ1v) is 21.0. The number of hydrogen-bond donors (Lipinski definition) is 0. The van der Waals surface area contributed by atoms with Crippen LogP contribution in [0.1, 0.15) is 78.1 Å². The van der Waals surface area contributed by atoms with E-state index < -0.39 is 29.3 Å². The maximum atomic E-state index is 15.1. The van der Waals surface area contributed by atoms with Gasteiger partial charge in [0.05, 0.1) is 17.4 Å². The second-order valence-electron chi connectivity index (χ2n) is 17.7. The molecule has 3 heterocycles. The van der Waals surface area contributed by atoms with Gasteiger partial charge >= 0.3 is 27.2 Å². The number of benzene rings is 6. The SMILES string of the molecule is Cc1cc(C2=N[C@H](C(c3ccccc3)c3ccccc3)CN2c2cc(C(C)(F)F)cc(C(F)(F)F)c2)[c-]c(-n2c3[c-]c(-c4cc(C(C)(C)C)ccn4)ccc3c3cc(C)ccc32)c1.[Pt+2]. The van der Waals surface area contributed by atoms with E-state index in [0.29, 0.717) is 30.1 Å². The van der Waals surface area contributed by atoms with Gasteiger partial charge in [0, 0.05) is 42.4 Å². The van der Waals surface area contributed by atoms with Gasteiger partial charge in [-0.25, -0.2) is 8.78 Å². The van der Waals surface area contributed by atoms with E-state index in [9.17, 15) is 13.2 Å². The standard InChI is InChI=1S/C54H45F5N4.Pt/c1-33-17-20-48-45(25-33)44-19-18-37(46-31-39(21-22-60-46)52(3,4)5)27-49(44)63(48)43-24-34(2)23-38(26-43)51-61-47(50(35-13-9-7-10-14-35)36-15-11-8-12-16-36)32-62(51)42-29-40(53(6,55)56)28-41(30-42)54(57,58)59;/h7-25,28-31,47,50H,32H2,1-6H3;/q-2;+2/t47-;/m0./s1. The van der Waals surface area contributed by atoms with Crippen LogP contribution < -0.4 is 4.90 Å².